The van der Waals surface area contributed by atoms with Crippen LogP contribution in [0.2, 0.25) is 5.02 Å². The molecule has 0 saturated carbocycles. The minimum absolute atomic E-state index is 0.155. The molecule has 1 fully saturated rings. The summed E-state index contributed by atoms with van der Waals surface area (Å²) in [7, 11) is 0. The molecule has 3 aromatic rings. The molecular formula is C23H26ClN7O2. The number of hydrogen-bond acceptors (Lipinski definition) is 8. The molecule has 2 aliphatic rings. The third-order valence-electron chi connectivity index (χ3n) is 6.11. The Labute approximate surface area is 196 Å². The molecule has 33 heavy (non-hydrogen) atoms. The number of anilines is 2. The molecule has 1 atom stereocenters. The molecule has 0 aromatic carbocycles. The summed E-state index contributed by atoms with van der Waals surface area (Å²) in [4.78, 5) is 28.4. The normalized spacial score (nSPS) is 17.8. The lowest BCUT2D eigenvalue weighted by molar-refractivity contribution is -0.0424. The van der Waals surface area contributed by atoms with Gasteiger partial charge in [-0.25, -0.2) is 9.97 Å². The number of nitrogens with one attached hydrogen (secondary N) is 1. The molecule has 0 radical (unpaired) electrons. The van der Waals surface area contributed by atoms with Crippen LogP contribution in [0, 0.1) is 0 Å². The van der Waals surface area contributed by atoms with E-state index < -0.39 is 0 Å². The summed E-state index contributed by atoms with van der Waals surface area (Å²) in [5, 5.41) is 7.82. The molecule has 0 spiro atoms. The third kappa shape index (κ3) is 4.43. The Kier molecular flexibility index (Phi) is 6.24. The number of halogens is 1. The predicted molar refractivity (Wildman–Crippen MR) is 125 cm³/mol. The number of fused-ring (bicyclic) bond motifs is 1. The van der Waals surface area contributed by atoms with Crippen molar-refractivity contribution in [2.45, 2.75) is 58.5 Å². The minimum atomic E-state index is -0.346. The zero-order valence-electron chi connectivity index (χ0n) is 18.5. The Morgan fingerprint density at radius 2 is 2.15 bits per heavy atom. The van der Waals surface area contributed by atoms with Crippen LogP contribution in [-0.4, -0.2) is 31.3 Å². The van der Waals surface area contributed by atoms with E-state index in [9.17, 15) is 4.79 Å². The smallest absolute Gasteiger partial charge is 0.290 e. The molecule has 0 amide bonds. The van der Waals surface area contributed by atoms with Gasteiger partial charge < -0.3 is 15.0 Å². The summed E-state index contributed by atoms with van der Waals surface area (Å²) in [5.74, 6) is 0.565. The van der Waals surface area contributed by atoms with Crippen molar-refractivity contribution < 1.29 is 4.74 Å². The predicted octanol–water partition coefficient (Wildman–Crippen LogP) is 3.48. The summed E-state index contributed by atoms with van der Waals surface area (Å²) in [6, 6.07) is 3.99. The fraction of sp³-hybridized carbons (Fsp3) is 0.435. The molecule has 0 aliphatic carbocycles. The van der Waals surface area contributed by atoms with Gasteiger partial charge in [-0.2, -0.15) is 9.78 Å². The molecule has 0 bridgehead atoms. The lowest BCUT2D eigenvalue weighted by Crippen LogP contribution is -2.32. The van der Waals surface area contributed by atoms with Gasteiger partial charge in [0.05, 0.1) is 24.1 Å². The number of hydrogen-bond donors (Lipinski definition) is 1. The van der Waals surface area contributed by atoms with Crippen LogP contribution in [0.4, 0.5) is 11.6 Å². The first-order valence-electron chi connectivity index (χ1n) is 11.3. The summed E-state index contributed by atoms with van der Waals surface area (Å²) in [5.41, 5.74) is 4.38. The van der Waals surface area contributed by atoms with E-state index >= 15 is 0 Å². The van der Waals surface area contributed by atoms with E-state index in [1.165, 1.54) is 4.68 Å². The van der Waals surface area contributed by atoms with Gasteiger partial charge in [0, 0.05) is 43.3 Å². The first-order valence-corrected chi connectivity index (χ1v) is 11.7. The van der Waals surface area contributed by atoms with E-state index in [1.54, 1.807) is 6.20 Å². The van der Waals surface area contributed by atoms with Gasteiger partial charge in [-0.05, 0) is 37.3 Å². The number of aromatic nitrogens is 5. The van der Waals surface area contributed by atoms with Gasteiger partial charge in [-0.15, -0.1) is 0 Å². The Bertz CT molecular complexity index is 1210. The number of aryl methyl sites for hydroxylation is 1. The summed E-state index contributed by atoms with van der Waals surface area (Å²) in [6.07, 6.45) is 8.59. The number of ether oxygens (including phenoxy) is 1. The quantitative estimate of drug-likeness (QED) is 0.588. The molecule has 1 saturated heterocycles. The van der Waals surface area contributed by atoms with Gasteiger partial charge in [-0.3, -0.25) is 9.78 Å². The average Bonchev–Trinajstić information content (AvgIpc) is 3.28. The molecule has 3 aromatic heterocycles. The molecule has 5 heterocycles. The second kappa shape index (κ2) is 9.44. The number of nitrogens with zero attached hydrogens (tertiary/aromatic N) is 6. The second-order valence-corrected chi connectivity index (χ2v) is 8.63. The van der Waals surface area contributed by atoms with Crippen molar-refractivity contribution in [3.8, 4) is 0 Å². The van der Waals surface area contributed by atoms with Crippen LogP contribution in [0.15, 0.2) is 35.5 Å². The van der Waals surface area contributed by atoms with E-state index in [2.05, 4.69) is 33.4 Å². The van der Waals surface area contributed by atoms with Gasteiger partial charge in [-0.1, -0.05) is 24.6 Å². The van der Waals surface area contributed by atoms with Gasteiger partial charge in [0.25, 0.3) is 5.56 Å². The van der Waals surface area contributed by atoms with E-state index in [1.807, 2.05) is 23.4 Å². The van der Waals surface area contributed by atoms with Crippen LogP contribution < -0.4 is 15.8 Å². The topological polar surface area (TPSA) is 98.1 Å². The van der Waals surface area contributed by atoms with Crippen molar-refractivity contribution in [2.24, 2.45) is 0 Å². The van der Waals surface area contributed by atoms with E-state index in [0.29, 0.717) is 37.9 Å². The van der Waals surface area contributed by atoms with Crippen molar-refractivity contribution in [3.05, 3.63) is 68.6 Å². The maximum atomic E-state index is 12.9. The molecule has 9 nitrogen and oxygen atoms in total. The molecule has 1 unspecified atom stereocenters. The molecule has 5 rings (SSSR count). The zero-order chi connectivity index (χ0) is 22.8. The Morgan fingerprint density at radius 1 is 1.24 bits per heavy atom. The summed E-state index contributed by atoms with van der Waals surface area (Å²) < 4.78 is 7.06. The fourth-order valence-corrected chi connectivity index (χ4v) is 4.57. The first kappa shape index (κ1) is 21.8. The van der Waals surface area contributed by atoms with E-state index in [-0.39, 0.29) is 16.8 Å². The zero-order valence-corrected chi connectivity index (χ0v) is 19.3. The van der Waals surface area contributed by atoms with Crippen LogP contribution in [0.5, 0.6) is 0 Å². The van der Waals surface area contributed by atoms with Gasteiger partial charge in [0.15, 0.2) is 6.23 Å². The highest BCUT2D eigenvalue weighted by atomic mass is 35.5. The van der Waals surface area contributed by atoms with Crippen molar-refractivity contribution in [3.63, 3.8) is 0 Å². The van der Waals surface area contributed by atoms with Crippen molar-refractivity contribution in [2.75, 3.05) is 16.8 Å². The summed E-state index contributed by atoms with van der Waals surface area (Å²) in [6.45, 7) is 4.44. The maximum Gasteiger partial charge on any atom is 0.290 e. The average molecular weight is 468 g/mol. The molecule has 10 heteroatoms. The summed E-state index contributed by atoms with van der Waals surface area (Å²) >= 11 is 6.49. The van der Waals surface area contributed by atoms with E-state index in [4.69, 9.17) is 21.3 Å². The lowest BCUT2D eigenvalue weighted by atomic mass is 10.1. The van der Waals surface area contributed by atoms with Crippen molar-refractivity contribution in [1.29, 1.82) is 0 Å². The van der Waals surface area contributed by atoms with Crippen LogP contribution in [0.25, 0.3) is 0 Å². The van der Waals surface area contributed by atoms with Crippen molar-refractivity contribution >= 4 is 23.2 Å². The van der Waals surface area contributed by atoms with Gasteiger partial charge in [0.1, 0.15) is 5.02 Å². The minimum Gasteiger partial charge on any atom is -0.358 e. The standard InChI is InChI=1S/C23H26ClN7O2/c1-2-17-15(6-5-8-25-17)10-26-23-27-11-16-13-30(14-18(16)29-23)19-12-28-31(22(32)21(19)24)20-7-3-4-9-33-20/h5-6,8,11-12,20H,2-4,7,9-10,13-14H2,1H3,(H,26,27,29). The van der Waals surface area contributed by atoms with Crippen LogP contribution in [0.1, 0.15) is 54.9 Å². The molecule has 1 N–H and O–H groups in total. The largest absolute Gasteiger partial charge is 0.358 e. The fourth-order valence-electron chi connectivity index (χ4n) is 4.31. The lowest BCUT2D eigenvalue weighted by Gasteiger charge is -2.25. The highest BCUT2D eigenvalue weighted by Crippen LogP contribution is 2.31. The second-order valence-electron chi connectivity index (χ2n) is 8.25. The van der Waals surface area contributed by atoms with Crippen LogP contribution in [0.3, 0.4) is 0 Å². The third-order valence-corrected chi connectivity index (χ3v) is 6.46. The highest BCUT2D eigenvalue weighted by molar-refractivity contribution is 6.33. The maximum absolute atomic E-state index is 12.9. The highest BCUT2D eigenvalue weighted by Gasteiger charge is 2.27. The number of pyridine rings is 1. The van der Waals surface area contributed by atoms with E-state index in [0.717, 1.165) is 48.2 Å². The van der Waals surface area contributed by atoms with Gasteiger partial charge in [0.2, 0.25) is 5.95 Å². The SMILES string of the molecule is CCc1ncccc1CNc1ncc2c(n1)CN(c1cnn(C3CCCCO3)c(=O)c1Cl)C2. The Hall–Kier alpha value is -3.04. The molecule has 2 aliphatic heterocycles. The molecule has 172 valence electrons. The molecular weight excluding hydrogens is 442 g/mol. The first-order chi connectivity index (χ1) is 16.1. The monoisotopic (exact) mass is 467 g/mol. The Morgan fingerprint density at radius 3 is 2.97 bits per heavy atom. The van der Waals surface area contributed by atoms with Crippen LogP contribution >= 0.6 is 11.6 Å². The van der Waals surface area contributed by atoms with Crippen molar-refractivity contribution in [1.82, 2.24) is 24.7 Å². The Balaban J connectivity index is 1.30. The number of rotatable bonds is 6. The van der Waals surface area contributed by atoms with Crippen LogP contribution in [-0.2, 0) is 30.8 Å². The van der Waals surface area contributed by atoms with Gasteiger partial charge >= 0.3 is 0 Å².